The number of aryl methyl sites for hydroxylation is 3. The van der Waals surface area contributed by atoms with E-state index < -0.39 is 17.3 Å². The van der Waals surface area contributed by atoms with E-state index in [0.29, 0.717) is 16.9 Å². The van der Waals surface area contributed by atoms with Crippen LogP contribution in [-0.4, -0.2) is 28.9 Å². The Morgan fingerprint density at radius 3 is 2.37 bits per heavy atom. The quantitative estimate of drug-likeness (QED) is 0.522. The van der Waals surface area contributed by atoms with E-state index in [1.54, 1.807) is 18.4 Å². The molecule has 30 heavy (non-hydrogen) atoms. The van der Waals surface area contributed by atoms with Crippen LogP contribution in [0, 0.1) is 27.7 Å². The number of ketones is 1. The molecule has 1 aromatic carbocycles. The van der Waals surface area contributed by atoms with E-state index in [-0.39, 0.29) is 5.78 Å². The second kappa shape index (κ2) is 6.55. The van der Waals surface area contributed by atoms with Gasteiger partial charge in [0.25, 0.3) is 5.56 Å². The number of aromatic nitrogens is 5. The average Bonchev–Trinajstić information content (AvgIpc) is 3.19. The van der Waals surface area contributed by atoms with E-state index in [2.05, 4.69) is 19.9 Å². The number of hydrogen-bond donors (Lipinski definition) is 0. The molecule has 0 saturated carbocycles. The van der Waals surface area contributed by atoms with Crippen molar-refractivity contribution in [2.45, 2.75) is 47.6 Å². The maximum atomic E-state index is 13.4. The van der Waals surface area contributed by atoms with Crippen molar-refractivity contribution in [3.63, 3.8) is 0 Å². The molecule has 8 nitrogen and oxygen atoms in total. The van der Waals surface area contributed by atoms with Gasteiger partial charge in [-0.15, -0.1) is 0 Å². The molecule has 0 radical (unpaired) electrons. The van der Waals surface area contributed by atoms with Crippen LogP contribution in [0.3, 0.4) is 0 Å². The van der Waals surface area contributed by atoms with Gasteiger partial charge in [0.2, 0.25) is 5.78 Å². The first-order valence-electron chi connectivity index (χ1n) is 9.86. The predicted molar refractivity (Wildman–Crippen MR) is 116 cm³/mol. The molecule has 0 aliphatic rings. The molecule has 156 valence electrons. The summed E-state index contributed by atoms with van der Waals surface area (Å²) in [7, 11) is 1.57. The predicted octanol–water partition coefficient (Wildman–Crippen LogP) is 2.52. The largest absolute Gasteiger partial charge is 0.333 e. The lowest BCUT2D eigenvalue weighted by Gasteiger charge is -2.13. The maximum absolute atomic E-state index is 13.4. The molecule has 4 aromatic rings. The normalized spacial score (nSPS) is 12.8. The summed E-state index contributed by atoms with van der Waals surface area (Å²) in [6, 6.07) is 5.20. The van der Waals surface area contributed by atoms with Crippen molar-refractivity contribution < 1.29 is 4.79 Å². The SMILES string of the molecule is CC(=O)C(C)n1c(=O)c2c(nc3n(-c4cccc(C)c4C)c(C)c(C)n23)n(C)c1=O. The van der Waals surface area contributed by atoms with Crippen LogP contribution in [0.15, 0.2) is 27.8 Å². The lowest BCUT2D eigenvalue weighted by molar-refractivity contribution is -0.119. The number of hydrogen-bond acceptors (Lipinski definition) is 4. The maximum Gasteiger partial charge on any atom is 0.333 e. The minimum Gasteiger partial charge on any atom is -0.298 e. The standard InChI is InChI=1S/C22H25N5O3/c1-11-9-8-10-17(12(11)2)25-13(3)14(4)26-18-19(23-21(25)26)24(7)22(30)27(20(18)29)15(5)16(6)28/h8-10,15H,1-7H3. The average molecular weight is 407 g/mol. The van der Waals surface area contributed by atoms with E-state index in [4.69, 9.17) is 4.98 Å². The smallest absolute Gasteiger partial charge is 0.298 e. The number of Topliss-reactive ketones (excluding diaryl/α,β-unsaturated/α-hetero) is 1. The fourth-order valence-electron chi connectivity index (χ4n) is 4.01. The molecular formula is C22H25N5O3. The number of fused-ring (bicyclic) bond motifs is 3. The van der Waals surface area contributed by atoms with Gasteiger partial charge in [-0.1, -0.05) is 12.1 Å². The molecule has 0 amide bonds. The molecule has 3 heterocycles. The van der Waals surface area contributed by atoms with Gasteiger partial charge in [0.15, 0.2) is 16.9 Å². The molecule has 0 fully saturated rings. The Morgan fingerprint density at radius 2 is 1.73 bits per heavy atom. The Bertz CT molecular complexity index is 1480. The van der Waals surface area contributed by atoms with Crippen molar-refractivity contribution >= 4 is 22.7 Å². The first kappa shape index (κ1) is 19.9. The fourth-order valence-corrected chi connectivity index (χ4v) is 4.01. The molecular weight excluding hydrogens is 382 g/mol. The second-order valence-corrected chi connectivity index (χ2v) is 7.95. The summed E-state index contributed by atoms with van der Waals surface area (Å²) in [6.45, 7) is 10.9. The minimum absolute atomic E-state index is 0.254. The van der Waals surface area contributed by atoms with Crippen molar-refractivity contribution in [2.24, 2.45) is 7.05 Å². The summed E-state index contributed by atoms with van der Waals surface area (Å²) >= 11 is 0. The number of carbonyl (C=O) groups excluding carboxylic acids is 1. The molecule has 4 rings (SSSR count). The Kier molecular flexibility index (Phi) is 4.34. The number of benzene rings is 1. The Labute approximate surface area is 173 Å². The Hall–Kier alpha value is -3.42. The Balaban J connectivity index is 2.23. The first-order valence-corrected chi connectivity index (χ1v) is 9.86. The van der Waals surface area contributed by atoms with Crippen LogP contribution >= 0.6 is 0 Å². The highest BCUT2D eigenvalue weighted by atomic mass is 16.2. The van der Waals surface area contributed by atoms with Gasteiger partial charge < -0.3 is 0 Å². The van der Waals surface area contributed by atoms with Crippen molar-refractivity contribution in [3.05, 3.63) is 61.6 Å². The molecule has 0 bridgehead atoms. The third-order valence-electron chi connectivity index (χ3n) is 6.26. The van der Waals surface area contributed by atoms with Gasteiger partial charge in [0, 0.05) is 18.4 Å². The van der Waals surface area contributed by atoms with Gasteiger partial charge in [-0.05, 0) is 58.7 Å². The third-order valence-corrected chi connectivity index (χ3v) is 6.26. The van der Waals surface area contributed by atoms with Gasteiger partial charge in [0.1, 0.15) is 0 Å². The summed E-state index contributed by atoms with van der Waals surface area (Å²) in [5.41, 5.74) is 4.58. The molecule has 0 saturated heterocycles. The Morgan fingerprint density at radius 1 is 1.07 bits per heavy atom. The summed E-state index contributed by atoms with van der Waals surface area (Å²) in [6.07, 6.45) is 0. The summed E-state index contributed by atoms with van der Waals surface area (Å²) in [4.78, 5) is 42.9. The van der Waals surface area contributed by atoms with E-state index in [9.17, 15) is 14.4 Å². The highest BCUT2D eigenvalue weighted by molar-refractivity contribution is 5.81. The van der Waals surface area contributed by atoms with Crippen molar-refractivity contribution in [3.8, 4) is 5.69 Å². The fraction of sp³-hybridized carbons (Fsp3) is 0.364. The lowest BCUT2D eigenvalue weighted by Crippen LogP contribution is -2.42. The molecule has 0 aliphatic heterocycles. The zero-order chi connectivity index (χ0) is 22.1. The molecule has 0 spiro atoms. The van der Waals surface area contributed by atoms with Crippen LogP contribution in [0.2, 0.25) is 0 Å². The van der Waals surface area contributed by atoms with Crippen LogP contribution < -0.4 is 11.2 Å². The van der Waals surface area contributed by atoms with Crippen LogP contribution in [-0.2, 0) is 11.8 Å². The van der Waals surface area contributed by atoms with Crippen molar-refractivity contribution in [1.29, 1.82) is 0 Å². The highest BCUT2D eigenvalue weighted by Crippen LogP contribution is 2.27. The van der Waals surface area contributed by atoms with Gasteiger partial charge >= 0.3 is 5.69 Å². The van der Waals surface area contributed by atoms with E-state index in [0.717, 1.165) is 32.8 Å². The number of nitrogens with zero attached hydrogens (tertiary/aromatic N) is 5. The van der Waals surface area contributed by atoms with Gasteiger partial charge in [-0.3, -0.25) is 23.1 Å². The van der Waals surface area contributed by atoms with Crippen LogP contribution in [0.5, 0.6) is 0 Å². The molecule has 1 unspecified atom stereocenters. The number of carbonyl (C=O) groups is 1. The monoisotopic (exact) mass is 407 g/mol. The summed E-state index contributed by atoms with van der Waals surface area (Å²) in [5.74, 6) is 0.309. The minimum atomic E-state index is -0.853. The van der Waals surface area contributed by atoms with Crippen molar-refractivity contribution in [2.75, 3.05) is 0 Å². The van der Waals surface area contributed by atoms with E-state index in [1.807, 2.05) is 30.5 Å². The molecule has 0 N–H and O–H groups in total. The lowest BCUT2D eigenvalue weighted by atomic mass is 10.1. The molecule has 0 aliphatic carbocycles. The van der Waals surface area contributed by atoms with Crippen molar-refractivity contribution in [1.82, 2.24) is 23.1 Å². The molecule has 1 atom stereocenters. The molecule has 3 aromatic heterocycles. The van der Waals surface area contributed by atoms with E-state index >= 15 is 0 Å². The summed E-state index contributed by atoms with van der Waals surface area (Å²) in [5, 5.41) is 0. The zero-order valence-electron chi connectivity index (χ0n) is 18.3. The van der Waals surface area contributed by atoms with Gasteiger partial charge in [0.05, 0.1) is 11.7 Å². The topological polar surface area (TPSA) is 83.3 Å². The zero-order valence-corrected chi connectivity index (χ0v) is 18.3. The number of imidazole rings is 2. The van der Waals surface area contributed by atoms with Crippen LogP contribution in [0.4, 0.5) is 0 Å². The molecule has 8 heteroatoms. The van der Waals surface area contributed by atoms with Gasteiger partial charge in [-0.25, -0.2) is 9.36 Å². The number of rotatable bonds is 3. The third kappa shape index (κ3) is 2.46. The van der Waals surface area contributed by atoms with Gasteiger partial charge in [-0.2, -0.15) is 4.98 Å². The van der Waals surface area contributed by atoms with E-state index in [1.165, 1.54) is 11.5 Å². The summed E-state index contributed by atoms with van der Waals surface area (Å²) < 4.78 is 6.16. The van der Waals surface area contributed by atoms with Crippen LogP contribution in [0.25, 0.3) is 22.6 Å². The first-order chi connectivity index (χ1) is 14.1. The van der Waals surface area contributed by atoms with Crippen LogP contribution in [0.1, 0.15) is 42.4 Å². The highest BCUT2D eigenvalue weighted by Gasteiger charge is 2.26. The second-order valence-electron chi connectivity index (χ2n) is 7.95.